The van der Waals surface area contributed by atoms with Crippen LogP contribution in [0.3, 0.4) is 0 Å². The maximum Gasteiger partial charge on any atom is 0.338 e. The second-order valence-corrected chi connectivity index (χ2v) is 6.63. The number of nitrogens with one attached hydrogen (secondary N) is 2. The molecule has 0 saturated heterocycles. The fraction of sp³-hybridized carbons (Fsp3) is 0.318. The van der Waals surface area contributed by atoms with E-state index < -0.39 is 29.6 Å². The summed E-state index contributed by atoms with van der Waals surface area (Å²) in [6, 6.07) is 10.8. The fourth-order valence-electron chi connectivity index (χ4n) is 2.68. The van der Waals surface area contributed by atoms with Crippen molar-refractivity contribution < 1.29 is 23.5 Å². The Kier molecular flexibility index (Phi) is 7.88. The zero-order valence-electron chi connectivity index (χ0n) is 16.7. The van der Waals surface area contributed by atoms with Crippen molar-refractivity contribution in [2.75, 3.05) is 11.9 Å². The average molecular weight is 400 g/mol. The molecule has 0 heterocycles. The van der Waals surface area contributed by atoms with Crippen molar-refractivity contribution in [1.82, 2.24) is 5.32 Å². The van der Waals surface area contributed by atoms with Gasteiger partial charge < -0.3 is 15.4 Å². The Morgan fingerprint density at radius 2 is 1.72 bits per heavy atom. The first-order valence-electron chi connectivity index (χ1n) is 9.50. The quantitative estimate of drug-likeness (QED) is 0.661. The monoisotopic (exact) mass is 400 g/mol. The lowest BCUT2D eigenvalue weighted by Crippen LogP contribution is -2.47. The molecule has 0 aromatic heterocycles. The van der Waals surface area contributed by atoms with Gasteiger partial charge in [0.2, 0.25) is 5.91 Å². The van der Waals surface area contributed by atoms with Crippen LogP contribution >= 0.6 is 0 Å². The molecule has 0 aliphatic rings. The van der Waals surface area contributed by atoms with E-state index in [9.17, 15) is 18.8 Å². The van der Waals surface area contributed by atoms with Gasteiger partial charge in [0.05, 0.1) is 12.2 Å². The Bertz CT molecular complexity index is 867. The van der Waals surface area contributed by atoms with E-state index in [2.05, 4.69) is 10.6 Å². The number of hydrogen-bond donors (Lipinski definition) is 2. The third-order valence-electron chi connectivity index (χ3n) is 4.53. The van der Waals surface area contributed by atoms with Crippen molar-refractivity contribution in [3.05, 3.63) is 65.5 Å². The summed E-state index contributed by atoms with van der Waals surface area (Å²) in [5, 5.41) is 5.43. The second-order valence-electron chi connectivity index (χ2n) is 6.63. The van der Waals surface area contributed by atoms with Crippen LogP contribution in [-0.4, -0.2) is 30.4 Å². The van der Waals surface area contributed by atoms with Crippen LogP contribution < -0.4 is 10.6 Å². The zero-order valence-corrected chi connectivity index (χ0v) is 16.7. The highest BCUT2D eigenvalue weighted by Gasteiger charge is 2.26. The van der Waals surface area contributed by atoms with Crippen molar-refractivity contribution in [2.24, 2.45) is 5.92 Å². The summed E-state index contributed by atoms with van der Waals surface area (Å²) in [4.78, 5) is 36.9. The highest BCUT2D eigenvalue weighted by atomic mass is 19.1. The summed E-state index contributed by atoms with van der Waals surface area (Å²) in [6.07, 6.45) is 0.656. The summed E-state index contributed by atoms with van der Waals surface area (Å²) < 4.78 is 18.3. The Morgan fingerprint density at radius 1 is 1.03 bits per heavy atom. The van der Waals surface area contributed by atoms with Gasteiger partial charge in [-0.2, -0.15) is 0 Å². The van der Waals surface area contributed by atoms with Crippen molar-refractivity contribution in [3.63, 3.8) is 0 Å². The summed E-state index contributed by atoms with van der Waals surface area (Å²) in [5.41, 5.74) is 1.00. The van der Waals surface area contributed by atoms with E-state index in [-0.39, 0.29) is 18.1 Å². The normalized spacial score (nSPS) is 12.6. The topological polar surface area (TPSA) is 84.5 Å². The molecule has 29 heavy (non-hydrogen) atoms. The SMILES string of the molecule is CCOC(=O)c1ccc(NC(=O)C(NC(=O)c2cccc(F)c2)C(C)CC)cc1. The second kappa shape index (κ2) is 10.4. The van der Waals surface area contributed by atoms with Gasteiger partial charge in [0.15, 0.2) is 0 Å². The number of anilines is 1. The molecule has 2 aromatic carbocycles. The number of amides is 2. The predicted molar refractivity (Wildman–Crippen MR) is 108 cm³/mol. The Hall–Kier alpha value is -3.22. The number of ether oxygens (including phenoxy) is 1. The molecule has 2 aromatic rings. The first-order chi connectivity index (χ1) is 13.8. The van der Waals surface area contributed by atoms with Crippen LogP contribution in [0.2, 0.25) is 0 Å². The molecule has 0 aliphatic carbocycles. The lowest BCUT2D eigenvalue weighted by molar-refractivity contribution is -0.119. The number of benzene rings is 2. The zero-order chi connectivity index (χ0) is 21.4. The molecular weight excluding hydrogens is 375 g/mol. The number of esters is 1. The third-order valence-corrected chi connectivity index (χ3v) is 4.53. The van der Waals surface area contributed by atoms with Crippen LogP contribution in [-0.2, 0) is 9.53 Å². The molecule has 2 atom stereocenters. The van der Waals surface area contributed by atoms with Crippen LogP contribution in [0.1, 0.15) is 47.9 Å². The first-order valence-corrected chi connectivity index (χ1v) is 9.50. The largest absolute Gasteiger partial charge is 0.462 e. The third kappa shape index (κ3) is 6.14. The van der Waals surface area contributed by atoms with Gasteiger partial charge in [0.1, 0.15) is 11.9 Å². The van der Waals surface area contributed by atoms with E-state index in [1.54, 1.807) is 31.2 Å². The molecule has 6 nitrogen and oxygen atoms in total. The lowest BCUT2D eigenvalue weighted by Gasteiger charge is -2.23. The Balaban J connectivity index is 2.10. The summed E-state index contributed by atoms with van der Waals surface area (Å²) in [5.74, 6) is -2.03. The highest BCUT2D eigenvalue weighted by molar-refractivity contribution is 6.01. The summed E-state index contributed by atoms with van der Waals surface area (Å²) in [7, 11) is 0. The van der Waals surface area contributed by atoms with Gasteiger partial charge in [-0.3, -0.25) is 9.59 Å². The van der Waals surface area contributed by atoms with Gasteiger partial charge in [0.25, 0.3) is 5.91 Å². The molecule has 154 valence electrons. The van der Waals surface area contributed by atoms with E-state index in [0.717, 1.165) is 6.07 Å². The Labute approximate surface area is 169 Å². The van der Waals surface area contributed by atoms with Crippen LogP contribution in [0.5, 0.6) is 0 Å². The molecule has 2 amide bonds. The number of carbonyl (C=O) groups is 3. The molecule has 2 unspecified atom stereocenters. The molecule has 0 spiro atoms. The van der Waals surface area contributed by atoms with E-state index in [1.807, 2.05) is 13.8 Å². The number of hydrogen-bond acceptors (Lipinski definition) is 4. The van der Waals surface area contributed by atoms with E-state index in [4.69, 9.17) is 4.74 Å². The van der Waals surface area contributed by atoms with Gasteiger partial charge in [-0.1, -0.05) is 26.3 Å². The number of rotatable bonds is 8. The molecule has 0 saturated carbocycles. The van der Waals surface area contributed by atoms with Gasteiger partial charge in [0, 0.05) is 11.3 Å². The lowest BCUT2D eigenvalue weighted by atomic mass is 9.97. The number of carbonyl (C=O) groups excluding carboxylic acids is 3. The van der Waals surface area contributed by atoms with Crippen LogP contribution in [0.25, 0.3) is 0 Å². The van der Waals surface area contributed by atoms with Gasteiger partial charge >= 0.3 is 5.97 Å². The maximum absolute atomic E-state index is 13.4. The van der Waals surface area contributed by atoms with Gasteiger partial charge in [-0.15, -0.1) is 0 Å². The minimum absolute atomic E-state index is 0.143. The molecular formula is C22H25FN2O4. The summed E-state index contributed by atoms with van der Waals surface area (Å²) in [6.45, 7) is 5.76. The average Bonchev–Trinajstić information content (AvgIpc) is 2.71. The molecule has 2 N–H and O–H groups in total. The standard InChI is InChI=1S/C22H25FN2O4/c1-4-14(3)19(25-20(26)16-7-6-8-17(23)13-16)21(27)24-18-11-9-15(10-12-18)22(28)29-5-2/h6-14,19H,4-5H2,1-3H3,(H,24,27)(H,25,26). The fourth-order valence-corrected chi connectivity index (χ4v) is 2.68. The van der Waals surface area contributed by atoms with E-state index in [1.165, 1.54) is 18.2 Å². The van der Waals surface area contributed by atoms with E-state index in [0.29, 0.717) is 17.7 Å². The highest BCUT2D eigenvalue weighted by Crippen LogP contribution is 2.15. The Morgan fingerprint density at radius 3 is 2.31 bits per heavy atom. The van der Waals surface area contributed by atoms with Crippen LogP contribution in [0.4, 0.5) is 10.1 Å². The van der Waals surface area contributed by atoms with Gasteiger partial charge in [-0.05, 0) is 55.3 Å². The molecule has 0 bridgehead atoms. The van der Waals surface area contributed by atoms with Crippen molar-refractivity contribution >= 4 is 23.5 Å². The van der Waals surface area contributed by atoms with Gasteiger partial charge in [-0.25, -0.2) is 9.18 Å². The van der Waals surface area contributed by atoms with E-state index >= 15 is 0 Å². The molecule has 0 aliphatic heterocycles. The first kappa shape index (κ1) is 22.1. The van der Waals surface area contributed by atoms with Crippen molar-refractivity contribution in [2.45, 2.75) is 33.2 Å². The van der Waals surface area contributed by atoms with Crippen LogP contribution in [0.15, 0.2) is 48.5 Å². The molecule has 7 heteroatoms. The smallest absolute Gasteiger partial charge is 0.338 e. The number of halogens is 1. The minimum Gasteiger partial charge on any atom is -0.462 e. The van der Waals surface area contributed by atoms with Crippen molar-refractivity contribution in [3.8, 4) is 0 Å². The molecule has 0 radical (unpaired) electrons. The van der Waals surface area contributed by atoms with Crippen molar-refractivity contribution in [1.29, 1.82) is 0 Å². The molecule has 0 fully saturated rings. The van der Waals surface area contributed by atoms with Crippen LogP contribution in [0, 0.1) is 11.7 Å². The minimum atomic E-state index is -0.805. The summed E-state index contributed by atoms with van der Waals surface area (Å²) >= 11 is 0. The maximum atomic E-state index is 13.4. The molecule has 2 rings (SSSR count). The predicted octanol–water partition coefficient (Wildman–Crippen LogP) is 3.79.